The molecular weight excluding hydrogens is 275 g/mol. The maximum atomic E-state index is 12.2. The fraction of sp³-hybridized carbons (Fsp3) is 0.917. The second kappa shape index (κ2) is 9.82. The monoisotopic (exact) mass is 299 g/mol. The molecule has 0 rings (SSSR count). The Morgan fingerprint density at radius 2 is 2.00 bits per heavy atom. The summed E-state index contributed by atoms with van der Waals surface area (Å²) in [5.41, 5.74) is 0. The first-order chi connectivity index (χ1) is 9.27. The highest BCUT2D eigenvalue weighted by molar-refractivity contribution is 5.80. The summed E-state index contributed by atoms with van der Waals surface area (Å²) in [6.45, 7) is 6.58. The molecule has 20 heavy (non-hydrogen) atoms. The Morgan fingerprint density at radius 3 is 2.50 bits per heavy atom. The van der Waals surface area contributed by atoms with E-state index in [4.69, 9.17) is 9.84 Å². The van der Waals surface area contributed by atoms with E-state index < -0.39 is 18.8 Å². The van der Waals surface area contributed by atoms with Gasteiger partial charge in [0.1, 0.15) is 0 Å². The number of rotatable bonds is 8. The zero-order valence-corrected chi connectivity index (χ0v) is 12.1. The molecule has 0 spiro atoms. The summed E-state index contributed by atoms with van der Waals surface area (Å²) >= 11 is 0. The number of nitrogens with zero attached hydrogens (tertiary/aromatic N) is 1. The van der Waals surface area contributed by atoms with Crippen molar-refractivity contribution in [2.24, 2.45) is 4.99 Å². The van der Waals surface area contributed by atoms with E-state index in [0.29, 0.717) is 26.2 Å². The molecule has 0 aromatic heterocycles. The molecule has 120 valence electrons. The normalized spacial score (nSPS) is 14.5. The highest BCUT2D eigenvalue weighted by atomic mass is 19.4. The fourth-order valence-electron chi connectivity index (χ4n) is 1.23. The molecule has 0 aliphatic carbocycles. The van der Waals surface area contributed by atoms with Crippen LogP contribution in [-0.2, 0) is 4.74 Å². The number of aliphatic hydroxyl groups excluding tert-OH is 1. The van der Waals surface area contributed by atoms with Crippen LogP contribution >= 0.6 is 0 Å². The molecule has 3 N–H and O–H groups in total. The molecule has 8 heteroatoms. The van der Waals surface area contributed by atoms with Crippen LogP contribution < -0.4 is 10.6 Å². The van der Waals surface area contributed by atoms with Gasteiger partial charge in [0.05, 0.1) is 6.54 Å². The molecule has 0 heterocycles. The lowest BCUT2D eigenvalue weighted by molar-refractivity contribution is -0.199. The van der Waals surface area contributed by atoms with Crippen molar-refractivity contribution in [3.8, 4) is 0 Å². The van der Waals surface area contributed by atoms with Crippen LogP contribution in [0.3, 0.4) is 0 Å². The first-order valence-electron chi connectivity index (χ1n) is 6.64. The van der Waals surface area contributed by atoms with Crippen molar-refractivity contribution < 1.29 is 23.0 Å². The van der Waals surface area contributed by atoms with Crippen molar-refractivity contribution in [3.63, 3.8) is 0 Å². The molecule has 0 amide bonds. The van der Waals surface area contributed by atoms with Crippen LogP contribution in [0.2, 0.25) is 0 Å². The third-order valence-electron chi connectivity index (χ3n) is 2.19. The third-order valence-corrected chi connectivity index (χ3v) is 2.19. The Balaban J connectivity index is 4.25. The van der Waals surface area contributed by atoms with E-state index in [1.165, 1.54) is 0 Å². The Morgan fingerprint density at radius 1 is 1.35 bits per heavy atom. The Hall–Kier alpha value is -1.02. The van der Waals surface area contributed by atoms with Crippen molar-refractivity contribution >= 4 is 5.96 Å². The van der Waals surface area contributed by atoms with Gasteiger partial charge in [-0.1, -0.05) is 0 Å². The largest absolute Gasteiger partial charge is 0.416 e. The van der Waals surface area contributed by atoms with Crippen molar-refractivity contribution in [1.29, 1.82) is 0 Å². The first kappa shape index (κ1) is 19.0. The topological polar surface area (TPSA) is 65.9 Å². The summed E-state index contributed by atoms with van der Waals surface area (Å²) in [7, 11) is 0. The van der Waals surface area contributed by atoms with E-state index >= 15 is 0 Å². The SMILES string of the molecule is CCOCCCNC(=NCC(O)C(F)(F)F)NC(C)C. The lowest BCUT2D eigenvalue weighted by Gasteiger charge is -2.17. The van der Waals surface area contributed by atoms with Crippen LogP contribution in [0.4, 0.5) is 13.2 Å². The second-order valence-electron chi connectivity index (χ2n) is 4.52. The predicted molar refractivity (Wildman–Crippen MR) is 71.7 cm³/mol. The number of aliphatic hydroxyl groups is 1. The number of hydrogen-bond acceptors (Lipinski definition) is 3. The van der Waals surface area contributed by atoms with Gasteiger partial charge >= 0.3 is 6.18 Å². The van der Waals surface area contributed by atoms with Crippen LogP contribution in [-0.4, -0.2) is 55.7 Å². The molecule has 0 fully saturated rings. The average Bonchev–Trinajstić information content (AvgIpc) is 2.33. The predicted octanol–water partition coefficient (Wildman–Crippen LogP) is 1.28. The van der Waals surface area contributed by atoms with Gasteiger partial charge in [0.2, 0.25) is 0 Å². The van der Waals surface area contributed by atoms with Crippen molar-refractivity contribution in [2.75, 3.05) is 26.3 Å². The number of halogens is 3. The second-order valence-corrected chi connectivity index (χ2v) is 4.52. The summed E-state index contributed by atoms with van der Waals surface area (Å²) in [4.78, 5) is 3.73. The quantitative estimate of drug-likeness (QED) is 0.359. The van der Waals surface area contributed by atoms with Gasteiger partial charge in [-0.05, 0) is 27.2 Å². The van der Waals surface area contributed by atoms with Crippen LogP contribution in [0.15, 0.2) is 4.99 Å². The number of alkyl halides is 3. The molecule has 1 atom stereocenters. The van der Waals surface area contributed by atoms with Crippen molar-refractivity contribution in [1.82, 2.24) is 10.6 Å². The number of ether oxygens (including phenoxy) is 1. The van der Waals surface area contributed by atoms with E-state index in [1.807, 2.05) is 20.8 Å². The molecule has 0 bridgehead atoms. The van der Waals surface area contributed by atoms with Gasteiger partial charge in [-0.25, -0.2) is 0 Å². The molecule has 5 nitrogen and oxygen atoms in total. The lowest BCUT2D eigenvalue weighted by Crippen LogP contribution is -2.43. The Kier molecular flexibility index (Phi) is 9.32. The van der Waals surface area contributed by atoms with Gasteiger partial charge in [-0.15, -0.1) is 0 Å². The summed E-state index contributed by atoms with van der Waals surface area (Å²) in [5, 5.41) is 14.7. The highest BCUT2D eigenvalue weighted by Gasteiger charge is 2.37. The standard InChI is InChI=1S/C12H24F3N3O2/c1-4-20-7-5-6-16-11(18-9(2)3)17-8-10(19)12(13,14)15/h9-10,19H,4-8H2,1-3H3,(H2,16,17,18). The zero-order chi connectivity index (χ0) is 15.6. The molecule has 0 aromatic carbocycles. The summed E-state index contributed by atoms with van der Waals surface area (Å²) in [5.74, 6) is 0.250. The molecule has 0 aliphatic rings. The molecule has 0 radical (unpaired) electrons. The van der Waals surface area contributed by atoms with Crippen LogP contribution in [0, 0.1) is 0 Å². The molecule has 0 saturated heterocycles. The number of hydrogen-bond donors (Lipinski definition) is 3. The zero-order valence-electron chi connectivity index (χ0n) is 12.1. The highest BCUT2D eigenvalue weighted by Crippen LogP contribution is 2.19. The van der Waals surface area contributed by atoms with Crippen molar-refractivity contribution in [2.45, 2.75) is 45.5 Å². The van der Waals surface area contributed by atoms with Gasteiger partial charge in [0, 0.05) is 25.8 Å². The maximum absolute atomic E-state index is 12.2. The lowest BCUT2D eigenvalue weighted by atomic mass is 10.3. The Labute approximate surface area is 117 Å². The minimum atomic E-state index is -4.65. The summed E-state index contributed by atoms with van der Waals surface area (Å²) in [6.07, 6.45) is -6.38. The first-order valence-corrected chi connectivity index (χ1v) is 6.64. The van der Waals surface area contributed by atoms with Gasteiger partial charge < -0.3 is 20.5 Å². The smallest absolute Gasteiger partial charge is 0.382 e. The van der Waals surface area contributed by atoms with E-state index in [-0.39, 0.29) is 12.0 Å². The van der Waals surface area contributed by atoms with E-state index in [0.717, 1.165) is 0 Å². The summed E-state index contributed by atoms with van der Waals surface area (Å²) in [6, 6.07) is 0.0242. The van der Waals surface area contributed by atoms with E-state index in [2.05, 4.69) is 15.6 Å². The molecule has 0 saturated carbocycles. The molecule has 0 aromatic rings. The fourth-order valence-corrected chi connectivity index (χ4v) is 1.23. The third kappa shape index (κ3) is 9.85. The van der Waals surface area contributed by atoms with Crippen LogP contribution in [0.25, 0.3) is 0 Å². The van der Waals surface area contributed by atoms with Crippen LogP contribution in [0.5, 0.6) is 0 Å². The van der Waals surface area contributed by atoms with Crippen LogP contribution in [0.1, 0.15) is 27.2 Å². The maximum Gasteiger partial charge on any atom is 0.416 e. The number of aliphatic imine (C=N–C) groups is 1. The Bertz CT molecular complexity index is 284. The molecule has 1 unspecified atom stereocenters. The van der Waals surface area contributed by atoms with Gasteiger partial charge in [-0.2, -0.15) is 13.2 Å². The molecular formula is C12H24F3N3O2. The average molecular weight is 299 g/mol. The number of nitrogens with one attached hydrogen (secondary N) is 2. The van der Waals surface area contributed by atoms with Gasteiger partial charge in [-0.3, -0.25) is 4.99 Å². The number of guanidine groups is 1. The van der Waals surface area contributed by atoms with E-state index in [1.54, 1.807) is 0 Å². The molecule has 0 aliphatic heterocycles. The van der Waals surface area contributed by atoms with E-state index in [9.17, 15) is 13.2 Å². The minimum absolute atomic E-state index is 0.0242. The van der Waals surface area contributed by atoms with Gasteiger partial charge in [0.15, 0.2) is 12.1 Å². The minimum Gasteiger partial charge on any atom is -0.382 e. The van der Waals surface area contributed by atoms with Crippen molar-refractivity contribution in [3.05, 3.63) is 0 Å². The summed E-state index contributed by atoms with van der Waals surface area (Å²) < 4.78 is 41.7. The van der Waals surface area contributed by atoms with Gasteiger partial charge in [0.25, 0.3) is 0 Å².